The standard InChI is InChI=1S/C25H39ClN8O3.3C2HF3O2/c26-18-14-20(17-29-16-18)33-23(37)22(36)32-19-7-12-34(25(15-19)8-3-1-4-9-25)13-11-30-21(35)6-2-5-10-31-24(27)28;3*3-2(4,5)1(6)7/h14,16-17,19H,1-13,15H2,(H,30,35)(H,32,36)(H,33,37)(H4,27,28,31);3*(H,6,7). The fraction of sp³-hybridized carbons (Fsp3) is 0.613. The number of carbonyl (C=O) groups excluding carboxylic acids is 3. The number of pyridine rings is 1. The Bertz CT molecular complexity index is 1500. The van der Waals surface area contributed by atoms with Gasteiger partial charge in [0.15, 0.2) is 5.96 Å². The first-order valence-corrected chi connectivity index (χ1v) is 17.2. The number of nitrogens with zero attached hydrogens (tertiary/aromatic N) is 3. The molecule has 1 spiro atoms. The summed E-state index contributed by atoms with van der Waals surface area (Å²) < 4.78 is 95.2. The SMILES string of the molecule is NC(N)=NCCCCC(=O)NCCN1CCC(NC(=O)C(=O)Nc2cncc(Cl)c2)CC12CCCCC2.O=C(O)C(F)(F)F.O=C(O)C(F)(F)F.O=C(O)C(F)(F)F. The lowest BCUT2D eigenvalue weighted by molar-refractivity contribution is -0.193. The zero-order chi connectivity index (χ0) is 44.9. The van der Waals surface area contributed by atoms with Crippen molar-refractivity contribution in [1.29, 1.82) is 0 Å². The second-order valence-electron chi connectivity index (χ2n) is 12.3. The minimum absolute atomic E-state index is 0.0211. The summed E-state index contributed by atoms with van der Waals surface area (Å²) in [6, 6.07) is 1.46. The predicted octanol–water partition coefficient (Wildman–Crippen LogP) is 3.42. The molecule has 1 aliphatic heterocycles. The van der Waals surface area contributed by atoms with Crippen LogP contribution >= 0.6 is 11.6 Å². The summed E-state index contributed by atoms with van der Waals surface area (Å²) in [6.07, 6.45) is -3.26. The van der Waals surface area contributed by atoms with Gasteiger partial charge in [-0.05, 0) is 44.6 Å². The molecule has 2 aliphatic rings. The van der Waals surface area contributed by atoms with Crippen molar-refractivity contribution in [3.8, 4) is 0 Å². The molecule has 2 fully saturated rings. The molecular formula is C31H42ClF9N8O9. The highest BCUT2D eigenvalue weighted by Crippen LogP contribution is 2.40. The molecule has 17 nitrogen and oxygen atoms in total. The van der Waals surface area contributed by atoms with E-state index in [2.05, 4.69) is 30.8 Å². The number of carboxylic acid groups (broad SMARTS) is 3. The van der Waals surface area contributed by atoms with Crippen molar-refractivity contribution in [3.05, 3.63) is 23.5 Å². The molecule has 10 N–H and O–H groups in total. The molecule has 2 heterocycles. The summed E-state index contributed by atoms with van der Waals surface area (Å²) in [6.45, 7) is 2.69. The summed E-state index contributed by atoms with van der Waals surface area (Å²) in [5.41, 5.74) is 11.0. The lowest BCUT2D eigenvalue weighted by Crippen LogP contribution is -2.60. The number of hydrogen-bond acceptors (Lipinski definition) is 9. The summed E-state index contributed by atoms with van der Waals surface area (Å²) in [4.78, 5) is 74.3. The number of nitrogens with one attached hydrogen (secondary N) is 3. The number of carboxylic acids is 3. The maximum atomic E-state index is 12.6. The van der Waals surface area contributed by atoms with E-state index in [4.69, 9.17) is 52.8 Å². The number of amides is 3. The maximum Gasteiger partial charge on any atom is 0.490 e. The van der Waals surface area contributed by atoms with Crippen LogP contribution < -0.4 is 27.4 Å². The highest BCUT2D eigenvalue weighted by molar-refractivity contribution is 6.39. The van der Waals surface area contributed by atoms with Crippen molar-refractivity contribution in [2.24, 2.45) is 16.5 Å². The predicted molar refractivity (Wildman–Crippen MR) is 185 cm³/mol. The number of aliphatic carboxylic acids is 3. The molecule has 1 unspecified atom stereocenters. The number of anilines is 1. The number of halogens is 10. The molecule has 3 rings (SSSR count). The van der Waals surface area contributed by atoms with Crippen molar-refractivity contribution in [3.63, 3.8) is 0 Å². The third kappa shape index (κ3) is 22.6. The topological polar surface area (TPSA) is 280 Å². The van der Waals surface area contributed by atoms with Crippen LogP contribution in [0.5, 0.6) is 0 Å². The Balaban J connectivity index is 0.00000126. The van der Waals surface area contributed by atoms with Gasteiger partial charge < -0.3 is 42.7 Å². The molecule has 1 aliphatic carbocycles. The monoisotopic (exact) mass is 876 g/mol. The molecule has 330 valence electrons. The van der Waals surface area contributed by atoms with Gasteiger partial charge in [0, 0.05) is 50.4 Å². The smallest absolute Gasteiger partial charge is 0.475 e. The minimum Gasteiger partial charge on any atom is -0.475 e. The summed E-state index contributed by atoms with van der Waals surface area (Å²) in [5, 5.41) is 30.3. The number of aliphatic imine (C=N–C) groups is 1. The summed E-state index contributed by atoms with van der Waals surface area (Å²) in [5.74, 6) is -9.55. The van der Waals surface area contributed by atoms with Crippen LogP contribution in [0.1, 0.15) is 64.2 Å². The van der Waals surface area contributed by atoms with Gasteiger partial charge in [-0.2, -0.15) is 39.5 Å². The van der Waals surface area contributed by atoms with Crippen LogP contribution in [-0.4, -0.2) is 123 Å². The molecule has 1 saturated heterocycles. The molecule has 1 aromatic heterocycles. The van der Waals surface area contributed by atoms with Gasteiger partial charge >= 0.3 is 48.3 Å². The zero-order valence-corrected chi connectivity index (χ0v) is 31.0. The molecule has 27 heteroatoms. The molecule has 3 amide bonds. The van der Waals surface area contributed by atoms with E-state index in [1.807, 2.05) is 0 Å². The number of aromatic nitrogens is 1. The first-order chi connectivity index (χ1) is 26.6. The third-order valence-corrected chi connectivity index (χ3v) is 8.08. The van der Waals surface area contributed by atoms with Crippen molar-refractivity contribution < 1.29 is 83.6 Å². The molecule has 1 atom stereocenters. The second-order valence-corrected chi connectivity index (χ2v) is 12.7. The maximum absolute atomic E-state index is 12.6. The van der Waals surface area contributed by atoms with Gasteiger partial charge in [-0.3, -0.25) is 29.3 Å². The number of likely N-dealkylation sites (tertiary alicyclic amines) is 1. The molecule has 0 radical (unpaired) electrons. The highest BCUT2D eigenvalue weighted by Gasteiger charge is 2.43. The van der Waals surface area contributed by atoms with Crippen molar-refractivity contribution in [2.75, 3.05) is 31.5 Å². The molecule has 58 heavy (non-hydrogen) atoms. The Morgan fingerprint density at radius 3 is 1.83 bits per heavy atom. The van der Waals surface area contributed by atoms with Gasteiger partial charge in [0.1, 0.15) is 0 Å². The van der Waals surface area contributed by atoms with Crippen LogP contribution in [0.15, 0.2) is 23.5 Å². The van der Waals surface area contributed by atoms with Crippen LogP contribution in [0.25, 0.3) is 0 Å². The highest BCUT2D eigenvalue weighted by atomic mass is 35.5. The summed E-state index contributed by atoms with van der Waals surface area (Å²) in [7, 11) is 0. The van der Waals surface area contributed by atoms with Crippen LogP contribution in [-0.2, 0) is 28.8 Å². The van der Waals surface area contributed by atoms with E-state index in [1.54, 1.807) is 6.07 Å². The van der Waals surface area contributed by atoms with Crippen molar-refractivity contribution >= 4 is 58.9 Å². The molecule has 1 aromatic rings. The first kappa shape index (κ1) is 52.9. The Hall–Kier alpha value is -5.14. The lowest BCUT2D eigenvalue weighted by atomic mass is 9.73. The first-order valence-electron chi connectivity index (χ1n) is 16.8. The number of hydrogen-bond donors (Lipinski definition) is 8. The van der Waals surface area contributed by atoms with Gasteiger partial charge in [0.2, 0.25) is 5.91 Å². The number of alkyl halides is 9. The number of piperidine rings is 1. The van der Waals surface area contributed by atoms with E-state index in [0.29, 0.717) is 30.2 Å². The van der Waals surface area contributed by atoms with E-state index in [0.717, 1.165) is 64.5 Å². The number of unbranched alkanes of at least 4 members (excludes halogenated alkanes) is 1. The van der Waals surface area contributed by atoms with Crippen LogP contribution in [0.4, 0.5) is 45.2 Å². The van der Waals surface area contributed by atoms with Gasteiger partial charge in [-0.15, -0.1) is 0 Å². The average molecular weight is 877 g/mol. The van der Waals surface area contributed by atoms with Crippen LogP contribution in [0.3, 0.4) is 0 Å². The average Bonchev–Trinajstić information content (AvgIpc) is 3.09. The van der Waals surface area contributed by atoms with Crippen LogP contribution in [0.2, 0.25) is 5.02 Å². The Kier molecular flexibility index (Phi) is 22.4. The van der Waals surface area contributed by atoms with E-state index < -0.39 is 48.3 Å². The lowest BCUT2D eigenvalue weighted by Gasteiger charge is -2.52. The number of guanidine groups is 1. The van der Waals surface area contributed by atoms with Crippen LogP contribution in [0, 0.1) is 0 Å². The fourth-order valence-corrected chi connectivity index (χ4v) is 5.56. The molecule has 0 aromatic carbocycles. The molecule has 1 saturated carbocycles. The minimum atomic E-state index is -5.08. The third-order valence-electron chi connectivity index (χ3n) is 7.87. The van der Waals surface area contributed by atoms with E-state index in [1.165, 1.54) is 18.8 Å². The molecule has 0 bridgehead atoms. The Morgan fingerprint density at radius 2 is 1.36 bits per heavy atom. The van der Waals surface area contributed by atoms with Crippen molar-refractivity contribution in [1.82, 2.24) is 20.5 Å². The largest absolute Gasteiger partial charge is 0.490 e. The number of carbonyl (C=O) groups is 6. The van der Waals surface area contributed by atoms with Crippen molar-refractivity contribution in [2.45, 2.75) is 94.3 Å². The van der Waals surface area contributed by atoms with Gasteiger partial charge in [0.05, 0.1) is 16.9 Å². The Morgan fingerprint density at radius 1 is 0.845 bits per heavy atom. The van der Waals surface area contributed by atoms with Gasteiger partial charge in [0.25, 0.3) is 0 Å². The normalized spacial score (nSPS) is 16.3. The van der Waals surface area contributed by atoms with E-state index in [9.17, 15) is 53.9 Å². The quantitative estimate of drug-likeness (QED) is 0.0551. The van der Waals surface area contributed by atoms with E-state index >= 15 is 0 Å². The second kappa shape index (κ2) is 24.6. The Labute approximate surface area is 328 Å². The van der Waals surface area contributed by atoms with E-state index in [-0.39, 0.29) is 23.4 Å². The molecular weight excluding hydrogens is 835 g/mol. The summed E-state index contributed by atoms with van der Waals surface area (Å²) >= 11 is 5.90. The van der Waals surface area contributed by atoms with Gasteiger partial charge in [-0.25, -0.2) is 14.4 Å². The number of nitrogens with two attached hydrogens (primary N) is 2. The zero-order valence-electron chi connectivity index (χ0n) is 30.3. The van der Waals surface area contributed by atoms with Gasteiger partial charge in [-0.1, -0.05) is 30.9 Å². The number of rotatable bonds is 10. The fourth-order valence-electron chi connectivity index (χ4n) is 5.38.